The molecule has 0 aromatic heterocycles. The summed E-state index contributed by atoms with van der Waals surface area (Å²) >= 11 is 5.98. The highest BCUT2D eigenvalue weighted by Gasteiger charge is 2.14. The minimum atomic E-state index is 0.660. The zero-order valence-electron chi connectivity index (χ0n) is 8.17. The molecule has 2 nitrogen and oxygen atoms in total. The number of nitrogens with zero attached hydrogens (tertiary/aromatic N) is 1. The zero-order chi connectivity index (χ0) is 9.97. The Hall–Kier alpha value is -0.890. The third kappa shape index (κ3) is 1.80. The van der Waals surface area contributed by atoms with Gasteiger partial charge in [-0.25, -0.2) is 0 Å². The molecule has 0 unspecified atom stereocenters. The minimum Gasteiger partial charge on any atom is -0.396 e. The third-order valence-electron chi connectivity index (χ3n) is 2.73. The number of nitrogens with two attached hydrogens (primary N) is 1. The van der Waals surface area contributed by atoms with E-state index < -0.39 is 0 Å². The van der Waals surface area contributed by atoms with E-state index in [2.05, 4.69) is 4.90 Å². The van der Waals surface area contributed by atoms with Gasteiger partial charge in [-0.1, -0.05) is 17.7 Å². The quantitative estimate of drug-likeness (QED) is 0.723. The molecule has 0 radical (unpaired) electrons. The average Bonchev–Trinajstić information content (AvgIpc) is 2.23. The molecule has 0 amide bonds. The van der Waals surface area contributed by atoms with Gasteiger partial charge in [-0.15, -0.1) is 0 Å². The van der Waals surface area contributed by atoms with Crippen LogP contribution in [0.3, 0.4) is 0 Å². The van der Waals surface area contributed by atoms with Crippen LogP contribution in [0.4, 0.5) is 11.4 Å². The Morgan fingerprint density at radius 3 is 2.57 bits per heavy atom. The molecule has 0 saturated carbocycles. The molecule has 0 bridgehead atoms. The predicted molar refractivity (Wildman–Crippen MR) is 61.9 cm³/mol. The van der Waals surface area contributed by atoms with E-state index in [1.165, 1.54) is 19.3 Å². The molecule has 2 rings (SSSR count). The number of hydrogen-bond acceptors (Lipinski definition) is 2. The minimum absolute atomic E-state index is 0.660. The van der Waals surface area contributed by atoms with Crippen LogP contribution in [0.2, 0.25) is 5.02 Å². The summed E-state index contributed by atoms with van der Waals surface area (Å²) in [7, 11) is 0. The first-order valence-electron chi connectivity index (χ1n) is 5.08. The van der Waals surface area contributed by atoms with Crippen molar-refractivity contribution in [3.05, 3.63) is 23.2 Å². The van der Waals surface area contributed by atoms with Crippen LogP contribution in [0, 0.1) is 0 Å². The summed E-state index contributed by atoms with van der Waals surface area (Å²) in [5.41, 5.74) is 7.75. The van der Waals surface area contributed by atoms with E-state index in [-0.39, 0.29) is 0 Å². The second-order valence-electron chi connectivity index (χ2n) is 3.72. The number of rotatable bonds is 1. The molecule has 3 heteroatoms. The first kappa shape index (κ1) is 9.66. The molecular formula is C11H15ClN2. The average molecular weight is 211 g/mol. The maximum absolute atomic E-state index is 5.98. The van der Waals surface area contributed by atoms with Crippen LogP contribution in [0.25, 0.3) is 0 Å². The summed E-state index contributed by atoms with van der Waals surface area (Å²) in [6, 6.07) is 5.85. The van der Waals surface area contributed by atoms with Crippen molar-refractivity contribution in [2.24, 2.45) is 0 Å². The Kier molecular flexibility index (Phi) is 2.82. The molecule has 1 heterocycles. The molecule has 0 spiro atoms. The van der Waals surface area contributed by atoms with Gasteiger partial charge >= 0.3 is 0 Å². The van der Waals surface area contributed by atoms with Gasteiger partial charge in [0.15, 0.2) is 0 Å². The molecule has 1 aromatic carbocycles. The smallest absolute Gasteiger partial charge is 0.0741 e. The number of anilines is 2. The Balaban J connectivity index is 2.26. The molecule has 76 valence electrons. The van der Waals surface area contributed by atoms with Gasteiger partial charge in [0.2, 0.25) is 0 Å². The van der Waals surface area contributed by atoms with Crippen molar-refractivity contribution in [1.82, 2.24) is 0 Å². The Morgan fingerprint density at radius 2 is 1.86 bits per heavy atom. The van der Waals surface area contributed by atoms with E-state index in [9.17, 15) is 0 Å². The number of para-hydroxylation sites is 1. The molecule has 1 fully saturated rings. The molecule has 2 N–H and O–H groups in total. The van der Waals surface area contributed by atoms with Crippen molar-refractivity contribution in [2.75, 3.05) is 23.7 Å². The van der Waals surface area contributed by atoms with Crippen LogP contribution < -0.4 is 10.6 Å². The van der Waals surface area contributed by atoms with E-state index in [0.717, 1.165) is 24.5 Å². The Bertz CT molecular complexity index is 319. The highest BCUT2D eigenvalue weighted by Crippen LogP contribution is 2.31. The van der Waals surface area contributed by atoms with Crippen LogP contribution in [-0.2, 0) is 0 Å². The van der Waals surface area contributed by atoms with Gasteiger partial charge < -0.3 is 10.6 Å². The SMILES string of the molecule is Nc1c(Cl)cccc1N1CCCCC1. The maximum Gasteiger partial charge on any atom is 0.0741 e. The van der Waals surface area contributed by atoms with Gasteiger partial charge in [-0.05, 0) is 31.4 Å². The standard InChI is InChI=1S/C11H15ClN2/c12-9-5-4-6-10(11(9)13)14-7-2-1-3-8-14/h4-6H,1-3,7-8,13H2. The molecule has 0 aliphatic carbocycles. The van der Waals surface area contributed by atoms with Crippen LogP contribution in [0.15, 0.2) is 18.2 Å². The molecule has 14 heavy (non-hydrogen) atoms. The van der Waals surface area contributed by atoms with Crippen LogP contribution in [0.1, 0.15) is 19.3 Å². The van der Waals surface area contributed by atoms with Crippen molar-refractivity contribution in [3.63, 3.8) is 0 Å². The van der Waals surface area contributed by atoms with Crippen molar-refractivity contribution < 1.29 is 0 Å². The largest absolute Gasteiger partial charge is 0.396 e. The molecule has 1 aromatic rings. The zero-order valence-corrected chi connectivity index (χ0v) is 8.93. The summed E-state index contributed by atoms with van der Waals surface area (Å²) in [6.07, 6.45) is 3.84. The second kappa shape index (κ2) is 4.09. The Morgan fingerprint density at radius 1 is 1.14 bits per heavy atom. The van der Waals surface area contributed by atoms with Gasteiger partial charge in [-0.2, -0.15) is 0 Å². The van der Waals surface area contributed by atoms with Gasteiger partial charge in [0.05, 0.1) is 16.4 Å². The number of halogens is 1. The number of benzene rings is 1. The maximum atomic E-state index is 5.98. The van der Waals surface area contributed by atoms with Crippen LogP contribution in [-0.4, -0.2) is 13.1 Å². The fourth-order valence-corrected chi connectivity index (χ4v) is 2.11. The number of nitrogen functional groups attached to an aromatic ring is 1. The predicted octanol–water partition coefficient (Wildman–Crippen LogP) is 2.91. The normalized spacial score (nSPS) is 17.1. The van der Waals surface area contributed by atoms with Gasteiger partial charge in [-0.3, -0.25) is 0 Å². The van der Waals surface area contributed by atoms with E-state index in [1.54, 1.807) is 0 Å². The highest BCUT2D eigenvalue weighted by atomic mass is 35.5. The lowest BCUT2D eigenvalue weighted by molar-refractivity contribution is 0.578. The van der Waals surface area contributed by atoms with Crippen molar-refractivity contribution in [2.45, 2.75) is 19.3 Å². The lowest BCUT2D eigenvalue weighted by Crippen LogP contribution is -2.30. The first-order valence-corrected chi connectivity index (χ1v) is 5.46. The Labute approximate surface area is 89.7 Å². The van der Waals surface area contributed by atoms with E-state index in [0.29, 0.717) is 5.02 Å². The number of piperidine rings is 1. The summed E-state index contributed by atoms with van der Waals surface area (Å²) in [4.78, 5) is 2.32. The molecule has 0 atom stereocenters. The van der Waals surface area contributed by atoms with Crippen molar-refractivity contribution >= 4 is 23.0 Å². The van der Waals surface area contributed by atoms with E-state index >= 15 is 0 Å². The summed E-state index contributed by atoms with van der Waals surface area (Å²) in [5.74, 6) is 0. The van der Waals surface area contributed by atoms with Crippen molar-refractivity contribution in [3.8, 4) is 0 Å². The lowest BCUT2D eigenvalue weighted by atomic mass is 10.1. The third-order valence-corrected chi connectivity index (χ3v) is 3.06. The summed E-state index contributed by atoms with van der Waals surface area (Å²) < 4.78 is 0. The molecule has 1 saturated heterocycles. The van der Waals surface area contributed by atoms with E-state index in [1.807, 2.05) is 18.2 Å². The lowest BCUT2D eigenvalue weighted by Gasteiger charge is -2.30. The topological polar surface area (TPSA) is 29.3 Å². The second-order valence-corrected chi connectivity index (χ2v) is 4.13. The van der Waals surface area contributed by atoms with Crippen molar-refractivity contribution in [1.29, 1.82) is 0 Å². The fraction of sp³-hybridized carbons (Fsp3) is 0.455. The first-order chi connectivity index (χ1) is 6.79. The summed E-state index contributed by atoms with van der Waals surface area (Å²) in [5, 5.41) is 0.660. The van der Waals surface area contributed by atoms with Gasteiger partial charge in [0.25, 0.3) is 0 Å². The summed E-state index contributed by atoms with van der Waals surface area (Å²) in [6.45, 7) is 2.20. The molecular weight excluding hydrogens is 196 g/mol. The number of hydrogen-bond donors (Lipinski definition) is 1. The molecule has 1 aliphatic rings. The molecule has 1 aliphatic heterocycles. The van der Waals surface area contributed by atoms with Crippen LogP contribution >= 0.6 is 11.6 Å². The van der Waals surface area contributed by atoms with Gasteiger partial charge in [0, 0.05) is 13.1 Å². The van der Waals surface area contributed by atoms with E-state index in [4.69, 9.17) is 17.3 Å². The monoisotopic (exact) mass is 210 g/mol. The fourth-order valence-electron chi connectivity index (χ4n) is 1.94. The van der Waals surface area contributed by atoms with Gasteiger partial charge in [0.1, 0.15) is 0 Å². The van der Waals surface area contributed by atoms with Crippen LogP contribution in [0.5, 0.6) is 0 Å². The highest BCUT2D eigenvalue weighted by molar-refractivity contribution is 6.33.